The molecule has 2 aromatic carbocycles. The van der Waals surface area contributed by atoms with Crippen LogP contribution in [-0.2, 0) is 26.0 Å². The average Bonchev–Trinajstić information content (AvgIpc) is 3.68. The number of carbonyl (C=O) groups excluding carboxylic acids is 3. The van der Waals surface area contributed by atoms with Gasteiger partial charge in [-0.3, -0.25) is 14.4 Å². The van der Waals surface area contributed by atoms with E-state index in [1.54, 1.807) is 0 Å². The summed E-state index contributed by atoms with van der Waals surface area (Å²) in [5.74, 6) is -1.36. The van der Waals surface area contributed by atoms with Crippen molar-refractivity contribution in [3.63, 3.8) is 0 Å². The molecule has 1 aromatic heterocycles. The van der Waals surface area contributed by atoms with Crippen LogP contribution in [-0.4, -0.2) is 72.4 Å². The molecule has 43 heavy (non-hydrogen) atoms. The Balaban J connectivity index is 1.37. The van der Waals surface area contributed by atoms with Crippen molar-refractivity contribution in [1.29, 1.82) is 0 Å². The summed E-state index contributed by atoms with van der Waals surface area (Å²) < 4.78 is 28.5. The summed E-state index contributed by atoms with van der Waals surface area (Å²) in [6.07, 6.45) is 4.10. The summed E-state index contributed by atoms with van der Waals surface area (Å²) in [5, 5.41) is 3.37. The second-order valence-electron chi connectivity index (χ2n) is 11.5. The minimum Gasteiger partial charge on any atom is -0.344 e. The minimum absolute atomic E-state index is 0.0709. The fourth-order valence-corrected chi connectivity index (χ4v) is 7.80. The molecule has 0 spiro atoms. The lowest BCUT2D eigenvalue weighted by Crippen LogP contribution is -2.57. The molecule has 12 heteroatoms. The van der Waals surface area contributed by atoms with Gasteiger partial charge in [0.15, 0.2) is 5.01 Å². The van der Waals surface area contributed by atoms with Crippen LogP contribution in [0.4, 0.5) is 0 Å². The standard InChI is InChI=1S/C31H39N5O5S2/c1-2-43(40,41)35-24(19-20-9-4-3-5-10-20)31(39)36-18-8-12-25(36)29(38)34-27(21-14-16-22(32)17-15-21)28(37)30-33-23-11-6-7-13-26(23)42-30/h3-7,9-11,13,21-22,24-25,27,35H,2,8,12,14-19,32H2,1H3,(H,34,38)/t21?,22?,24-,25+,27?/m1/s1. The van der Waals surface area contributed by atoms with Gasteiger partial charge in [-0.15, -0.1) is 11.3 Å². The summed E-state index contributed by atoms with van der Waals surface area (Å²) in [5.41, 5.74) is 7.69. The van der Waals surface area contributed by atoms with Crippen LogP contribution in [0.15, 0.2) is 54.6 Å². The van der Waals surface area contributed by atoms with Gasteiger partial charge in [-0.1, -0.05) is 42.5 Å². The topological polar surface area (TPSA) is 152 Å². The number of sulfonamides is 1. The number of carbonyl (C=O) groups is 3. The van der Waals surface area contributed by atoms with Crippen molar-refractivity contribution in [1.82, 2.24) is 19.9 Å². The summed E-state index contributed by atoms with van der Waals surface area (Å²) in [6.45, 7) is 1.84. The third-order valence-corrected chi connectivity index (χ3v) is 10.9. The molecular formula is C31H39N5O5S2. The number of rotatable bonds is 11. The molecule has 1 saturated heterocycles. The lowest BCUT2D eigenvalue weighted by atomic mass is 9.80. The predicted molar refractivity (Wildman–Crippen MR) is 167 cm³/mol. The van der Waals surface area contributed by atoms with Crippen LogP contribution in [0.1, 0.15) is 60.8 Å². The molecule has 0 radical (unpaired) electrons. The van der Waals surface area contributed by atoms with Crippen LogP contribution >= 0.6 is 11.3 Å². The molecule has 1 saturated carbocycles. The third-order valence-electron chi connectivity index (χ3n) is 8.49. The van der Waals surface area contributed by atoms with E-state index >= 15 is 0 Å². The highest BCUT2D eigenvalue weighted by molar-refractivity contribution is 7.89. The number of likely N-dealkylation sites (tertiary alicyclic amines) is 1. The molecule has 2 amide bonds. The normalized spacial score (nSPS) is 22.3. The lowest BCUT2D eigenvalue weighted by molar-refractivity contribution is -0.140. The first-order valence-corrected chi connectivity index (χ1v) is 17.4. The number of nitrogens with two attached hydrogens (primary N) is 1. The SMILES string of the molecule is CCS(=O)(=O)N[C@H](Cc1ccccc1)C(=O)N1CCC[C@H]1C(=O)NC(C(=O)c1nc2ccccc2s1)C1CCC(N)CC1. The van der Waals surface area contributed by atoms with E-state index in [-0.39, 0.29) is 29.9 Å². The van der Waals surface area contributed by atoms with E-state index in [1.165, 1.54) is 23.2 Å². The van der Waals surface area contributed by atoms with Gasteiger partial charge in [0.25, 0.3) is 0 Å². The zero-order chi connectivity index (χ0) is 30.6. The Labute approximate surface area is 256 Å². The molecule has 1 unspecified atom stereocenters. The largest absolute Gasteiger partial charge is 0.344 e. The van der Waals surface area contributed by atoms with Crippen molar-refractivity contribution in [3.8, 4) is 0 Å². The van der Waals surface area contributed by atoms with Gasteiger partial charge in [0.1, 0.15) is 12.1 Å². The monoisotopic (exact) mass is 625 g/mol. The number of hydrogen-bond donors (Lipinski definition) is 3. The van der Waals surface area contributed by atoms with Crippen LogP contribution < -0.4 is 15.8 Å². The van der Waals surface area contributed by atoms with E-state index in [0.29, 0.717) is 37.2 Å². The Hall–Kier alpha value is -3.19. The van der Waals surface area contributed by atoms with E-state index in [1.807, 2.05) is 54.6 Å². The zero-order valence-electron chi connectivity index (χ0n) is 24.3. The summed E-state index contributed by atoms with van der Waals surface area (Å²) in [7, 11) is -3.70. The maximum absolute atomic E-state index is 13.9. The number of nitrogens with one attached hydrogen (secondary N) is 2. The maximum Gasteiger partial charge on any atom is 0.243 e. The molecule has 5 rings (SSSR count). The molecular weight excluding hydrogens is 587 g/mol. The highest BCUT2D eigenvalue weighted by Crippen LogP contribution is 2.31. The Kier molecular flexibility index (Phi) is 9.90. The summed E-state index contributed by atoms with van der Waals surface area (Å²) in [4.78, 5) is 47.7. The highest BCUT2D eigenvalue weighted by atomic mass is 32.2. The second-order valence-corrected chi connectivity index (χ2v) is 14.5. The quantitative estimate of drug-likeness (QED) is 0.277. The van der Waals surface area contributed by atoms with Crippen LogP contribution in [0.3, 0.4) is 0 Å². The van der Waals surface area contributed by atoms with Gasteiger partial charge in [0.05, 0.1) is 22.0 Å². The van der Waals surface area contributed by atoms with E-state index in [0.717, 1.165) is 28.6 Å². The third kappa shape index (κ3) is 7.49. The first-order chi connectivity index (χ1) is 20.6. The fourth-order valence-electron chi connectivity index (χ4n) is 6.07. The molecule has 0 bridgehead atoms. The molecule has 2 heterocycles. The number of aromatic nitrogens is 1. The van der Waals surface area contributed by atoms with E-state index in [4.69, 9.17) is 5.73 Å². The Bertz CT molecular complexity index is 1520. The number of hydrogen-bond acceptors (Lipinski definition) is 8. The van der Waals surface area contributed by atoms with Crippen molar-refractivity contribution in [3.05, 3.63) is 65.2 Å². The van der Waals surface area contributed by atoms with Crippen LogP contribution in [0, 0.1) is 5.92 Å². The van der Waals surface area contributed by atoms with Gasteiger partial charge in [0, 0.05) is 12.6 Å². The molecule has 2 fully saturated rings. The summed E-state index contributed by atoms with van der Waals surface area (Å²) >= 11 is 1.31. The van der Waals surface area contributed by atoms with Crippen molar-refractivity contribution in [2.75, 3.05) is 12.3 Å². The number of amides is 2. The van der Waals surface area contributed by atoms with Crippen molar-refractivity contribution < 1.29 is 22.8 Å². The molecule has 2 aliphatic rings. The Morgan fingerprint density at radius 2 is 1.72 bits per heavy atom. The molecule has 4 N–H and O–H groups in total. The number of thiazole rings is 1. The highest BCUT2D eigenvalue weighted by Gasteiger charge is 2.41. The van der Waals surface area contributed by atoms with Crippen LogP contribution in [0.25, 0.3) is 10.2 Å². The van der Waals surface area contributed by atoms with Crippen LogP contribution in [0.5, 0.6) is 0 Å². The molecule has 1 aliphatic carbocycles. The summed E-state index contributed by atoms with van der Waals surface area (Å²) in [6, 6.07) is 14.1. The van der Waals surface area contributed by atoms with Crippen LogP contribution in [0.2, 0.25) is 0 Å². The van der Waals surface area contributed by atoms with Crippen molar-refractivity contribution in [2.24, 2.45) is 11.7 Å². The first kappa shape index (κ1) is 31.2. The van der Waals surface area contributed by atoms with Crippen molar-refractivity contribution >= 4 is 49.2 Å². The molecule has 230 valence electrons. The van der Waals surface area contributed by atoms with Crippen molar-refractivity contribution in [2.45, 2.75) is 76.0 Å². The van der Waals surface area contributed by atoms with Gasteiger partial charge < -0.3 is 16.0 Å². The van der Waals surface area contributed by atoms with E-state index in [9.17, 15) is 22.8 Å². The number of fused-ring (bicyclic) bond motifs is 1. The van der Waals surface area contributed by atoms with Gasteiger partial charge in [-0.25, -0.2) is 18.1 Å². The lowest BCUT2D eigenvalue weighted by Gasteiger charge is -2.34. The number of nitrogens with zero attached hydrogens (tertiary/aromatic N) is 2. The molecule has 10 nitrogen and oxygen atoms in total. The average molecular weight is 626 g/mol. The second kappa shape index (κ2) is 13.6. The Morgan fingerprint density at radius 3 is 2.42 bits per heavy atom. The predicted octanol–water partition coefficient (Wildman–Crippen LogP) is 3.02. The van der Waals surface area contributed by atoms with Gasteiger partial charge in [-0.2, -0.15) is 0 Å². The molecule has 1 aliphatic heterocycles. The first-order valence-electron chi connectivity index (χ1n) is 15.0. The number of ketones is 1. The minimum atomic E-state index is -3.70. The van der Waals surface area contributed by atoms with Gasteiger partial charge in [0.2, 0.25) is 27.6 Å². The fraction of sp³-hybridized carbons (Fsp3) is 0.484. The van der Waals surface area contributed by atoms with Gasteiger partial charge >= 0.3 is 0 Å². The van der Waals surface area contributed by atoms with Gasteiger partial charge in [-0.05, 0) is 75.5 Å². The number of Topliss-reactive ketones (excluding diaryl/α,β-unsaturated/α-hetero) is 1. The number of para-hydroxylation sites is 1. The Morgan fingerprint density at radius 1 is 1.02 bits per heavy atom. The molecule has 3 atom stereocenters. The molecule has 3 aromatic rings. The zero-order valence-corrected chi connectivity index (χ0v) is 25.9. The van der Waals surface area contributed by atoms with E-state index in [2.05, 4.69) is 15.0 Å². The van der Waals surface area contributed by atoms with E-state index < -0.39 is 40.0 Å². The number of benzene rings is 2. The smallest absolute Gasteiger partial charge is 0.243 e. The maximum atomic E-state index is 13.9.